The molecule has 1 amide bonds. The van der Waals surface area contributed by atoms with Gasteiger partial charge in [0, 0.05) is 12.7 Å². The number of aromatic amines is 1. The van der Waals surface area contributed by atoms with Crippen LogP contribution in [0.25, 0.3) is 0 Å². The molecule has 29 heavy (non-hydrogen) atoms. The number of benzene rings is 2. The molecule has 1 aromatic heterocycles. The third-order valence-corrected chi connectivity index (χ3v) is 4.63. The number of nitrogens with zero attached hydrogens (tertiary/aromatic N) is 1. The fourth-order valence-electron chi connectivity index (χ4n) is 3.10. The van der Waals surface area contributed by atoms with Gasteiger partial charge in [-0.1, -0.05) is 36.4 Å². The molecule has 1 aliphatic heterocycles. The van der Waals surface area contributed by atoms with Crippen molar-refractivity contribution in [2.45, 2.75) is 13.0 Å². The van der Waals surface area contributed by atoms with E-state index in [1.165, 1.54) is 0 Å². The summed E-state index contributed by atoms with van der Waals surface area (Å²) < 4.78 is 11.6. The topological polar surface area (TPSA) is 102 Å². The zero-order valence-corrected chi connectivity index (χ0v) is 15.5. The van der Waals surface area contributed by atoms with Crippen LogP contribution in [0.1, 0.15) is 21.5 Å². The highest BCUT2D eigenvalue weighted by Crippen LogP contribution is 2.32. The quantitative estimate of drug-likeness (QED) is 0.657. The number of nitrogens with one attached hydrogen (secondary N) is 2. The van der Waals surface area contributed by atoms with Crippen LogP contribution in [0.15, 0.2) is 64.3 Å². The smallest absolute Gasteiger partial charge is 0.328 e. The second-order valence-corrected chi connectivity index (χ2v) is 6.58. The molecule has 8 heteroatoms. The summed E-state index contributed by atoms with van der Waals surface area (Å²) in [5.74, 6) is 0.643. The lowest BCUT2D eigenvalue weighted by Crippen LogP contribution is -2.41. The Morgan fingerprint density at radius 2 is 1.83 bits per heavy atom. The highest BCUT2D eigenvalue weighted by atomic mass is 16.7. The summed E-state index contributed by atoms with van der Waals surface area (Å²) >= 11 is 0. The van der Waals surface area contributed by atoms with Gasteiger partial charge in [-0.25, -0.2) is 4.79 Å². The third-order valence-electron chi connectivity index (χ3n) is 4.63. The van der Waals surface area contributed by atoms with E-state index in [4.69, 9.17) is 9.47 Å². The Labute approximate surface area is 165 Å². The molecular formula is C21H19N3O5. The van der Waals surface area contributed by atoms with Crippen LogP contribution in [-0.2, 0) is 13.0 Å². The van der Waals surface area contributed by atoms with E-state index in [9.17, 15) is 14.4 Å². The molecule has 4 rings (SSSR count). The molecule has 3 aromatic rings. The fraction of sp³-hybridized carbons (Fsp3) is 0.190. The molecule has 2 N–H and O–H groups in total. The van der Waals surface area contributed by atoms with Gasteiger partial charge in [0.05, 0.1) is 6.54 Å². The van der Waals surface area contributed by atoms with Crippen molar-refractivity contribution in [1.82, 2.24) is 14.9 Å². The van der Waals surface area contributed by atoms with Crippen molar-refractivity contribution in [3.63, 3.8) is 0 Å². The Hall–Kier alpha value is -3.81. The maximum Gasteiger partial charge on any atom is 0.328 e. The number of amides is 1. The molecular weight excluding hydrogens is 374 g/mol. The SMILES string of the molecule is O=C(NCCc1ccccc1)c1c[nH]c(=O)n(Cc2ccc3c(c2)OCO3)c1=O. The monoisotopic (exact) mass is 393 g/mol. The van der Waals surface area contributed by atoms with Crippen molar-refractivity contribution >= 4 is 5.91 Å². The van der Waals surface area contributed by atoms with E-state index in [0.29, 0.717) is 30.0 Å². The predicted octanol–water partition coefficient (Wildman–Crippen LogP) is 1.29. The summed E-state index contributed by atoms with van der Waals surface area (Å²) in [6.07, 6.45) is 1.79. The number of H-pyrrole nitrogens is 1. The number of fused-ring (bicyclic) bond motifs is 1. The van der Waals surface area contributed by atoms with Crippen molar-refractivity contribution in [1.29, 1.82) is 0 Å². The number of ether oxygens (including phenoxy) is 2. The van der Waals surface area contributed by atoms with E-state index in [1.807, 2.05) is 30.3 Å². The Kier molecular flexibility index (Phi) is 5.15. The first-order valence-corrected chi connectivity index (χ1v) is 9.15. The molecule has 2 aromatic carbocycles. The number of carbonyl (C=O) groups excluding carboxylic acids is 1. The van der Waals surface area contributed by atoms with Crippen molar-refractivity contribution < 1.29 is 14.3 Å². The lowest BCUT2D eigenvalue weighted by atomic mass is 10.1. The first-order chi connectivity index (χ1) is 14.1. The third kappa shape index (κ3) is 4.06. The number of hydrogen-bond donors (Lipinski definition) is 2. The van der Waals surface area contributed by atoms with E-state index in [2.05, 4.69) is 10.3 Å². The van der Waals surface area contributed by atoms with Crippen LogP contribution in [0.2, 0.25) is 0 Å². The number of aromatic nitrogens is 2. The minimum absolute atomic E-state index is 0.00986. The van der Waals surface area contributed by atoms with Crippen LogP contribution in [-0.4, -0.2) is 28.8 Å². The standard InChI is InChI=1S/C21H19N3O5/c25-19(22-9-8-14-4-2-1-3-5-14)16-11-23-21(27)24(20(16)26)12-15-6-7-17-18(10-15)29-13-28-17/h1-7,10-11H,8-9,12-13H2,(H,22,25)(H,23,27). The van der Waals surface area contributed by atoms with Crippen molar-refractivity contribution in [3.8, 4) is 11.5 Å². The first kappa shape index (κ1) is 18.5. The minimum Gasteiger partial charge on any atom is -0.454 e. The van der Waals surface area contributed by atoms with Gasteiger partial charge in [0.2, 0.25) is 6.79 Å². The van der Waals surface area contributed by atoms with Crippen LogP contribution >= 0.6 is 0 Å². The number of hydrogen-bond acceptors (Lipinski definition) is 5. The molecule has 2 heterocycles. The summed E-state index contributed by atoms with van der Waals surface area (Å²) in [6, 6.07) is 14.9. The number of carbonyl (C=O) groups is 1. The fourth-order valence-corrected chi connectivity index (χ4v) is 3.10. The van der Waals surface area contributed by atoms with Gasteiger partial charge < -0.3 is 19.8 Å². The first-order valence-electron chi connectivity index (χ1n) is 9.15. The van der Waals surface area contributed by atoms with Crippen LogP contribution in [0.3, 0.4) is 0 Å². The van der Waals surface area contributed by atoms with E-state index >= 15 is 0 Å². The molecule has 0 bridgehead atoms. The Morgan fingerprint density at radius 1 is 1.03 bits per heavy atom. The van der Waals surface area contributed by atoms with Gasteiger partial charge in [0.25, 0.3) is 11.5 Å². The Bertz CT molecular complexity index is 1150. The second-order valence-electron chi connectivity index (χ2n) is 6.58. The molecule has 0 saturated heterocycles. The summed E-state index contributed by atoms with van der Waals surface area (Å²) in [5, 5.41) is 2.72. The molecule has 8 nitrogen and oxygen atoms in total. The normalized spacial score (nSPS) is 12.0. The molecule has 0 fully saturated rings. The van der Waals surface area contributed by atoms with Crippen LogP contribution in [0.5, 0.6) is 11.5 Å². The average Bonchev–Trinajstić information content (AvgIpc) is 3.20. The second kappa shape index (κ2) is 8.05. The lowest BCUT2D eigenvalue weighted by molar-refractivity contribution is 0.0951. The average molecular weight is 393 g/mol. The van der Waals surface area contributed by atoms with E-state index < -0.39 is 17.2 Å². The van der Waals surface area contributed by atoms with Crippen molar-refractivity contribution in [2.75, 3.05) is 13.3 Å². The maximum absolute atomic E-state index is 12.7. The molecule has 0 aliphatic carbocycles. The molecule has 0 spiro atoms. The lowest BCUT2D eigenvalue weighted by Gasteiger charge is -2.09. The van der Waals surface area contributed by atoms with Gasteiger partial charge in [-0.2, -0.15) is 0 Å². The molecule has 0 unspecified atom stereocenters. The van der Waals surface area contributed by atoms with Crippen molar-refractivity contribution in [3.05, 3.63) is 92.3 Å². The number of rotatable bonds is 6. The highest BCUT2D eigenvalue weighted by molar-refractivity contribution is 5.93. The van der Waals surface area contributed by atoms with E-state index in [-0.39, 0.29) is 18.9 Å². The summed E-state index contributed by atoms with van der Waals surface area (Å²) in [7, 11) is 0. The van der Waals surface area contributed by atoms with Gasteiger partial charge in [0.1, 0.15) is 5.56 Å². The summed E-state index contributed by atoms with van der Waals surface area (Å²) in [6.45, 7) is 0.525. The molecule has 1 aliphatic rings. The molecule has 0 radical (unpaired) electrons. The van der Waals surface area contributed by atoms with Crippen molar-refractivity contribution in [2.24, 2.45) is 0 Å². The molecule has 0 atom stereocenters. The van der Waals surface area contributed by atoms with Gasteiger partial charge in [0.15, 0.2) is 11.5 Å². The van der Waals surface area contributed by atoms with E-state index in [1.54, 1.807) is 18.2 Å². The summed E-state index contributed by atoms with van der Waals surface area (Å²) in [4.78, 5) is 39.8. The molecule has 0 saturated carbocycles. The van der Waals surface area contributed by atoms with Gasteiger partial charge in [-0.3, -0.25) is 14.2 Å². The largest absolute Gasteiger partial charge is 0.454 e. The molecule has 148 valence electrons. The van der Waals surface area contributed by atoms with Gasteiger partial charge in [-0.05, 0) is 29.7 Å². The minimum atomic E-state index is -0.649. The van der Waals surface area contributed by atoms with Gasteiger partial charge >= 0.3 is 5.69 Å². The van der Waals surface area contributed by atoms with Crippen LogP contribution in [0.4, 0.5) is 0 Å². The zero-order valence-electron chi connectivity index (χ0n) is 15.5. The Morgan fingerprint density at radius 3 is 2.66 bits per heavy atom. The van der Waals surface area contributed by atoms with Crippen LogP contribution in [0, 0.1) is 0 Å². The highest BCUT2D eigenvalue weighted by Gasteiger charge is 2.17. The van der Waals surface area contributed by atoms with Gasteiger partial charge in [-0.15, -0.1) is 0 Å². The van der Waals surface area contributed by atoms with Crippen LogP contribution < -0.4 is 26.0 Å². The zero-order chi connectivity index (χ0) is 20.2. The van der Waals surface area contributed by atoms with E-state index in [0.717, 1.165) is 16.3 Å². The predicted molar refractivity (Wildman–Crippen MR) is 105 cm³/mol. The Balaban J connectivity index is 1.49. The maximum atomic E-state index is 12.7. The summed E-state index contributed by atoms with van der Waals surface area (Å²) in [5.41, 5.74) is 0.411.